The number of morpholine rings is 1. The van der Waals surface area contributed by atoms with Gasteiger partial charge in [-0.05, 0) is 37.5 Å². The van der Waals surface area contributed by atoms with Crippen LogP contribution in [0.25, 0.3) is 0 Å². The molecule has 1 aliphatic rings. The Morgan fingerprint density at radius 2 is 1.83 bits per heavy atom. The Kier molecular flexibility index (Phi) is 9.66. The first-order chi connectivity index (χ1) is 13.9. The van der Waals surface area contributed by atoms with Gasteiger partial charge in [0, 0.05) is 32.6 Å². The summed E-state index contributed by atoms with van der Waals surface area (Å²) in [6, 6.07) is 6.39. The van der Waals surface area contributed by atoms with Crippen LogP contribution in [0.15, 0.2) is 29.3 Å². The van der Waals surface area contributed by atoms with E-state index in [9.17, 15) is 17.6 Å². The van der Waals surface area contributed by atoms with Gasteiger partial charge < -0.3 is 15.4 Å². The van der Waals surface area contributed by atoms with Crippen LogP contribution in [0.4, 0.5) is 17.6 Å². The van der Waals surface area contributed by atoms with Crippen LogP contribution in [0.5, 0.6) is 0 Å². The fourth-order valence-electron chi connectivity index (χ4n) is 3.18. The average molecular weight is 418 g/mol. The third-order valence-electron chi connectivity index (χ3n) is 4.69. The van der Waals surface area contributed by atoms with Gasteiger partial charge in [0.25, 0.3) is 0 Å². The highest BCUT2D eigenvalue weighted by molar-refractivity contribution is 5.79. The number of nitrogens with zero attached hydrogens (tertiary/aromatic N) is 2. The number of guanidine groups is 1. The largest absolute Gasteiger partial charge is 0.389 e. The summed E-state index contributed by atoms with van der Waals surface area (Å²) in [6.07, 6.45) is -4.39. The van der Waals surface area contributed by atoms with E-state index in [2.05, 4.69) is 20.5 Å². The molecule has 0 aromatic heterocycles. The van der Waals surface area contributed by atoms with Crippen LogP contribution in [0.3, 0.4) is 0 Å². The molecule has 29 heavy (non-hydrogen) atoms. The second-order valence-electron chi connectivity index (χ2n) is 6.93. The first-order valence-corrected chi connectivity index (χ1v) is 10.0. The third kappa shape index (κ3) is 8.99. The Hall–Kier alpha value is -1.87. The second-order valence-corrected chi connectivity index (χ2v) is 6.93. The van der Waals surface area contributed by atoms with Crippen molar-refractivity contribution >= 4 is 5.96 Å². The van der Waals surface area contributed by atoms with Crippen LogP contribution < -0.4 is 10.6 Å². The van der Waals surface area contributed by atoms with Gasteiger partial charge in [-0.25, -0.2) is 4.39 Å². The van der Waals surface area contributed by atoms with E-state index in [-0.39, 0.29) is 18.3 Å². The molecular weight excluding hydrogens is 388 g/mol. The molecule has 2 N–H and O–H groups in total. The number of unbranched alkanes of at least 4 members (excludes halogenated alkanes) is 1. The number of benzene rings is 1. The highest BCUT2D eigenvalue weighted by Crippen LogP contribution is 2.23. The van der Waals surface area contributed by atoms with E-state index >= 15 is 0 Å². The minimum Gasteiger partial charge on any atom is -0.379 e. The smallest absolute Gasteiger partial charge is 0.379 e. The molecule has 1 atom stereocenters. The third-order valence-corrected chi connectivity index (χ3v) is 4.69. The van der Waals surface area contributed by atoms with Crippen molar-refractivity contribution in [2.24, 2.45) is 4.99 Å². The van der Waals surface area contributed by atoms with Gasteiger partial charge in [0.15, 0.2) is 5.96 Å². The lowest BCUT2D eigenvalue weighted by Crippen LogP contribution is -2.42. The number of aliphatic imine (C=N–C) groups is 1. The Labute approximate surface area is 169 Å². The fourth-order valence-corrected chi connectivity index (χ4v) is 3.18. The van der Waals surface area contributed by atoms with Crippen LogP contribution in [0.1, 0.15) is 37.8 Å². The number of alkyl halides is 3. The molecule has 1 saturated heterocycles. The van der Waals surface area contributed by atoms with Gasteiger partial charge in [-0.3, -0.25) is 9.89 Å². The molecule has 1 fully saturated rings. The Bertz CT molecular complexity index is 616. The average Bonchev–Trinajstić information content (AvgIpc) is 2.69. The Morgan fingerprint density at radius 1 is 1.14 bits per heavy atom. The monoisotopic (exact) mass is 418 g/mol. The maximum Gasteiger partial charge on any atom is 0.389 e. The number of ether oxygens (including phenoxy) is 1. The lowest BCUT2D eigenvalue weighted by molar-refractivity contribution is -0.135. The molecule has 0 amide bonds. The molecule has 1 aromatic rings. The molecule has 0 aliphatic carbocycles. The van der Waals surface area contributed by atoms with Gasteiger partial charge in [0.2, 0.25) is 0 Å². The van der Waals surface area contributed by atoms with Crippen molar-refractivity contribution in [3.8, 4) is 0 Å². The Morgan fingerprint density at radius 3 is 2.45 bits per heavy atom. The zero-order chi connectivity index (χ0) is 21.1. The maximum atomic E-state index is 13.3. The van der Waals surface area contributed by atoms with Crippen LogP contribution in [-0.4, -0.2) is 63.0 Å². The summed E-state index contributed by atoms with van der Waals surface area (Å²) in [5.74, 6) is 0.284. The van der Waals surface area contributed by atoms with Crippen molar-refractivity contribution in [3.05, 3.63) is 35.6 Å². The van der Waals surface area contributed by atoms with E-state index in [1.807, 2.05) is 6.92 Å². The predicted molar refractivity (Wildman–Crippen MR) is 105 cm³/mol. The highest BCUT2D eigenvalue weighted by atomic mass is 19.4. The van der Waals surface area contributed by atoms with Gasteiger partial charge in [0.1, 0.15) is 5.82 Å². The Balaban J connectivity index is 1.97. The molecule has 0 spiro atoms. The second kappa shape index (κ2) is 12.0. The van der Waals surface area contributed by atoms with Crippen LogP contribution >= 0.6 is 0 Å². The van der Waals surface area contributed by atoms with Crippen LogP contribution in [0.2, 0.25) is 0 Å². The molecule has 1 aromatic carbocycles. The lowest BCUT2D eigenvalue weighted by atomic mass is 10.0. The van der Waals surface area contributed by atoms with E-state index < -0.39 is 12.6 Å². The summed E-state index contributed by atoms with van der Waals surface area (Å²) in [5, 5.41) is 6.22. The minimum atomic E-state index is -4.11. The summed E-state index contributed by atoms with van der Waals surface area (Å²) < 4.78 is 55.5. The standard InChI is InChI=1S/C20H30F4N4O/c1-2-25-19(26-10-4-3-9-20(22,23)24)27-15-18(28-11-13-29-14-12-28)16-5-7-17(21)8-6-16/h5-8,18H,2-4,9-15H2,1H3,(H2,25,26,27). The van der Waals surface area contributed by atoms with Crippen LogP contribution in [0, 0.1) is 5.82 Å². The summed E-state index contributed by atoms with van der Waals surface area (Å²) >= 11 is 0. The molecule has 0 radical (unpaired) electrons. The van der Waals surface area contributed by atoms with E-state index in [0.29, 0.717) is 45.2 Å². The molecule has 2 rings (SSSR count). The molecule has 1 heterocycles. The summed E-state index contributed by atoms with van der Waals surface area (Å²) in [5.41, 5.74) is 0.970. The van der Waals surface area contributed by atoms with E-state index in [0.717, 1.165) is 18.7 Å². The van der Waals surface area contributed by atoms with Crippen molar-refractivity contribution in [2.75, 3.05) is 45.9 Å². The number of hydrogen-bond acceptors (Lipinski definition) is 3. The van der Waals surface area contributed by atoms with Gasteiger partial charge in [-0.15, -0.1) is 0 Å². The predicted octanol–water partition coefficient (Wildman–Crippen LogP) is 3.49. The molecule has 0 bridgehead atoms. The topological polar surface area (TPSA) is 48.9 Å². The van der Waals surface area contributed by atoms with Gasteiger partial charge >= 0.3 is 6.18 Å². The molecule has 0 saturated carbocycles. The number of nitrogens with one attached hydrogen (secondary N) is 2. The maximum absolute atomic E-state index is 13.3. The van der Waals surface area contributed by atoms with Crippen molar-refractivity contribution < 1.29 is 22.3 Å². The normalized spacial score (nSPS) is 17.2. The fraction of sp³-hybridized carbons (Fsp3) is 0.650. The zero-order valence-corrected chi connectivity index (χ0v) is 16.8. The molecule has 1 aliphatic heterocycles. The summed E-state index contributed by atoms with van der Waals surface area (Å²) in [7, 11) is 0. The lowest BCUT2D eigenvalue weighted by Gasteiger charge is -2.34. The SMILES string of the molecule is CCNC(=NCC(c1ccc(F)cc1)N1CCOCC1)NCCCCC(F)(F)F. The molecular formula is C20H30F4N4O. The van der Waals surface area contributed by atoms with Gasteiger partial charge in [0.05, 0.1) is 25.8 Å². The van der Waals surface area contributed by atoms with E-state index in [1.54, 1.807) is 12.1 Å². The van der Waals surface area contributed by atoms with Crippen molar-refractivity contribution in [3.63, 3.8) is 0 Å². The van der Waals surface area contributed by atoms with Crippen molar-refractivity contribution in [2.45, 2.75) is 38.4 Å². The first-order valence-electron chi connectivity index (χ1n) is 10.0. The molecule has 164 valence electrons. The van der Waals surface area contributed by atoms with E-state index in [4.69, 9.17) is 4.74 Å². The van der Waals surface area contributed by atoms with Gasteiger partial charge in [-0.1, -0.05) is 12.1 Å². The summed E-state index contributed by atoms with van der Waals surface area (Å²) in [4.78, 5) is 6.89. The quantitative estimate of drug-likeness (QED) is 0.279. The number of hydrogen-bond donors (Lipinski definition) is 2. The molecule has 9 heteroatoms. The first kappa shape index (κ1) is 23.4. The minimum absolute atomic E-state index is 0.0276. The van der Waals surface area contributed by atoms with Crippen molar-refractivity contribution in [1.29, 1.82) is 0 Å². The number of halogens is 4. The summed E-state index contributed by atoms with van der Waals surface area (Å²) in [6.45, 7) is 6.24. The zero-order valence-electron chi connectivity index (χ0n) is 16.8. The van der Waals surface area contributed by atoms with E-state index in [1.165, 1.54) is 12.1 Å². The highest BCUT2D eigenvalue weighted by Gasteiger charge is 2.26. The van der Waals surface area contributed by atoms with Crippen molar-refractivity contribution in [1.82, 2.24) is 15.5 Å². The molecule has 5 nitrogen and oxygen atoms in total. The molecule has 1 unspecified atom stereocenters. The van der Waals surface area contributed by atoms with Gasteiger partial charge in [-0.2, -0.15) is 13.2 Å². The number of rotatable bonds is 9. The van der Waals surface area contributed by atoms with Crippen LogP contribution in [-0.2, 0) is 4.74 Å².